The molecule has 9 heteroatoms. The smallest absolute Gasteiger partial charge is 0.412 e. The molecule has 0 aliphatic heterocycles. The molecule has 0 spiro atoms. The minimum atomic E-state index is -1.29. The Balaban J connectivity index is 2.05. The number of aliphatic hydroxyl groups excluding tert-OH is 1. The van der Waals surface area contributed by atoms with Crippen molar-refractivity contribution in [3.8, 4) is 11.1 Å². The van der Waals surface area contributed by atoms with Gasteiger partial charge in [0, 0.05) is 11.3 Å². The van der Waals surface area contributed by atoms with Crippen LogP contribution < -0.4 is 16.1 Å². The zero-order valence-electron chi connectivity index (χ0n) is 17.8. The molecular formula is C22H27N3O6. The molecule has 2 aromatic rings. The zero-order chi connectivity index (χ0) is 23.2. The first kappa shape index (κ1) is 23.8. The van der Waals surface area contributed by atoms with Crippen molar-refractivity contribution in [2.75, 3.05) is 5.32 Å². The van der Waals surface area contributed by atoms with Crippen LogP contribution in [-0.2, 0) is 9.53 Å². The lowest BCUT2D eigenvalue weighted by molar-refractivity contribution is -0.133. The van der Waals surface area contributed by atoms with Crippen LogP contribution >= 0.6 is 0 Å². The van der Waals surface area contributed by atoms with Crippen LogP contribution in [0.15, 0.2) is 48.5 Å². The molecule has 0 aromatic heterocycles. The van der Waals surface area contributed by atoms with Gasteiger partial charge in [0.2, 0.25) is 0 Å². The van der Waals surface area contributed by atoms with E-state index in [9.17, 15) is 19.5 Å². The number of hydrogen-bond acceptors (Lipinski definition) is 6. The fraction of sp³-hybridized carbons (Fsp3) is 0.318. The van der Waals surface area contributed by atoms with Gasteiger partial charge in [-0.15, -0.1) is 0 Å². The van der Waals surface area contributed by atoms with Gasteiger partial charge < -0.3 is 15.2 Å². The van der Waals surface area contributed by atoms with Crippen molar-refractivity contribution in [3.63, 3.8) is 0 Å². The molecule has 2 atom stereocenters. The molecule has 166 valence electrons. The van der Waals surface area contributed by atoms with E-state index in [-0.39, 0.29) is 5.56 Å². The summed E-state index contributed by atoms with van der Waals surface area (Å²) in [7, 11) is 0. The summed E-state index contributed by atoms with van der Waals surface area (Å²) in [4.78, 5) is 35.7. The normalized spacial score (nSPS) is 13.0. The maximum Gasteiger partial charge on any atom is 0.412 e. The fourth-order valence-corrected chi connectivity index (χ4v) is 2.68. The molecule has 0 radical (unpaired) electrons. The van der Waals surface area contributed by atoms with Gasteiger partial charge in [-0.3, -0.25) is 20.1 Å². The predicted octanol–water partition coefficient (Wildman–Crippen LogP) is 2.69. The summed E-state index contributed by atoms with van der Waals surface area (Å²) in [5.74, 6) is -1.49. The number of rotatable bonds is 6. The van der Waals surface area contributed by atoms with Crippen LogP contribution in [0.2, 0.25) is 0 Å². The lowest BCUT2D eigenvalue weighted by Gasteiger charge is -2.19. The Labute approximate surface area is 180 Å². The predicted molar refractivity (Wildman–Crippen MR) is 115 cm³/mol. The van der Waals surface area contributed by atoms with Gasteiger partial charge in [0.1, 0.15) is 11.6 Å². The molecule has 2 rings (SSSR count). The Bertz CT molecular complexity index is 918. The highest BCUT2D eigenvalue weighted by atomic mass is 16.6. The molecule has 3 amide bonds. The van der Waals surface area contributed by atoms with Gasteiger partial charge in [-0.05, 0) is 63.1 Å². The van der Waals surface area contributed by atoms with Crippen LogP contribution in [0.4, 0.5) is 10.5 Å². The van der Waals surface area contributed by atoms with Gasteiger partial charge in [0.25, 0.3) is 11.8 Å². The summed E-state index contributed by atoms with van der Waals surface area (Å²) in [6.07, 6.45) is -1.73. The molecule has 31 heavy (non-hydrogen) atoms. The number of anilines is 1. The monoisotopic (exact) mass is 429 g/mol. The van der Waals surface area contributed by atoms with Crippen LogP contribution in [-0.4, -0.2) is 46.0 Å². The van der Waals surface area contributed by atoms with Gasteiger partial charge in [-0.1, -0.05) is 24.3 Å². The van der Waals surface area contributed by atoms with E-state index in [1.807, 2.05) is 12.1 Å². The topological polar surface area (TPSA) is 137 Å². The maximum absolute atomic E-state index is 12.3. The van der Waals surface area contributed by atoms with Crippen molar-refractivity contribution in [2.45, 2.75) is 45.4 Å². The van der Waals surface area contributed by atoms with Crippen molar-refractivity contribution in [3.05, 3.63) is 54.1 Å². The molecule has 5 N–H and O–H groups in total. The van der Waals surface area contributed by atoms with Gasteiger partial charge in [-0.2, -0.15) is 0 Å². The highest BCUT2D eigenvalue weighted by molar-refractivity contribution is 5.98. The SMILES string of the molecule is C[C@@H](O)[C@H](NC(=O)c1ccc(-c2ccc(NC(=O)OC(C)(C)C)cc2)cc1)C(=O)NO. The van der Waals surface area contributed by atoms with Crippen molar-refractivity contribution >= 4 is 23.6 Å². The van der Waals surface area contributed by atoms with Gasteiger partial charge in [0.05, 0.1) is 6.10 Å². The Morgan fingerprint density at radius 2 is 1.45 bits per heavy atom. The third-order valence-corrected chi connectivity index (χ3v) is 4.17. The number of carbonyl (C=O) groups is 3. The second kappa shape index (κ2) is 10.1. The first-order valence-electron chi connectivity index (χ1n) is 9.63. The Morgan fingerprint density at radius 1 is 0.935 bits per heavy atom. The number of carbonyl (C=O) groups excluding carboxylic acids is 3. The Hall–Kier alpha value is -3.43. The number of benzene rings is 2. The van der Waals surface area contributed by atoms with Crippen LogP contribution in [0, 0.1) is 0 Å². The number of hydroxylamine groups is 1. The first-order chi connectivity index (χ1) is 14.5. The van der Waals surface area contributed by atoms with Crippen LogP contribution in [0.5, 0.6) is 0 Å². The number of aliphatic hydroxyl groups is 1. The second-order valence-electron chi connectivity index (χ2n) is 7.95. The molecule has 9 nitrogen and oxygen atoms in total. The van der Waals surface area contributed by atoms with Crippen LogP contribution in [0.3, 0.4) is 0 Å². The summed E-state index contributed by atoms with van der Waals surface area (Å²) in [5, 5.41) is 23.4. The van der Waals surface area contributed by atoms with Crippen molar-refractivity contribution < 1.29 is 29.4 Å². The average molecular weight is 429 g/mol. The zero-order valence-corrected chi connectivity index (χ0v) is 17.8. The van der Waals surface area contributed by atoms with E-state index in [2.05, 4.69) is 10.6 Å². The van der Waals surface area contributed by atoms with Crippen molar-refractivity contribution in [1.82, 2.24) is 10.8 Å². The standard InChI is InChI=1S/C22H27N3O6/c1-13(26)18(20(28)25-30)24-19(27)16-7-5-14(6-8-16)15-9-11-17(12-10-15)23-21(29)31-22(2,3)4/h5-13,18,26,30H,1-4H3,(H,23,29)(H,24,27)(H,25,28)/t13-,18+/m1/s1. The lowest BCUT2D eigenvalue weighted by Crippen LogP contribution is -2.51. The lowest BCUT2D eigenvalue weighted by atomic mass is 10.0. The fourth-order valence-electron chi connectivity index (χ4n) is 2.68. The highest BCUT2D eigenvalue weighted by Gasteiger charge is 2.25. The number of amides is 3. The molecular weight excluding hydrogens is 402 g/mol. The molecule has 0 aliphatic rings. The van der Waals surface area contributed by atoms with Gasteiger partial charge >= 0.3 is 6.09 Å². The maximum atomic E-state index is 12.3. The van der Waals surface area contributed by atoms with Crippen molar-refractivity contribution in [2.24, 2.45) is 0 Å². The summed E-state index contributed by atoms with van der Waals surface area (Å²) < 4.78 is 5.21. The van der Waals surface area contributed by atoms with Gasteiger partial charge in [0.15, 0.2) is 0 Å². The third kappa shape index (κ3) is 7.09. The molecule has 0 heterocycles. The molecule has 0 saturated heterocycles. The molecule has 0 fully saturated rings. The molecule has 0 saturated carbocycles. The molecule has 0 unspecified atom stereocenters. The van der Waals surface area contributed by atoms with Crippen LogP contribution in [0.1, 0.15) is 38.1 Å². The largest absolute Gasteiger partial charge is 0.444 e. The summed E-state index contributed by atoms with van der Waals surface area (Å²) in [5.41, 5.74) is 3.39. The molecule has 2 aromatic carbocycles. The number of hydrogen-bond donors (Lipinski definition) is 5. The average Bonchev–Trinajstić information content (AvgIpc) is 2.70. The third-order valence-electron chi connectivity index (χ3n) is 4.17. The van der Waals surface area contributed by atoms with Gasteiger partial charge in [-0.25, -0.2) is 10.3 Å². The van der Waals surface area contributed by atoms with E-state index in [1.54, 1.807) is 57.2 Å². The molecule has 0 aliphatic carbocycles. The quantitative estimate of drug-likeness (QED) is 0.354. The summed E-state index contributed by atoms with van der Waals surface area (Å²) in [6, 6.07) is 12.4. The van der Waals surface area contributed by atoms with E-state index >= 15 is 0 Å². The number of nitrogens with one attached hydrogen (secondary N) is 3. The molecule has 0 bridgehead atoms. The first-order valence-corrected chi connectivity index (χ1v) is 9.63. The van der Waals surface area contributed by atoms with E-state index in [1.165, 1.54) is 12.4 Å². The Morgan fingerprint density at radius 3 is 1.90 bits per heavy atom. The number of ether oxygens (including phenoxy) is 1. The minimum Gasteiger partial charge on any atom is -0.444 e. The van der Waals surface area contributed by atoms with E-state index < -0.39 is 35.7 Å². The van der Waals surface area contributed by atoms with E-state index in [0.29, 0.717) is 5.69 Å². The van der Waals surface area contributed by atoms with Crippen molar-refractivity contribution in [1.29, 1.82) is 0 Å². The summed E-state index contributed by atoms with van der Waals surface area (Å²) >= 11 is 0. The minimum absolute atomic E-state index is 0.281. The van der Waals surface area contributed by atoms with E-state index in [0.717, 1.165) is 11.1 Å². The van der Waals surface area contributed by atoms with Crippen LogP contribution in [0.25, 0.3) is 11.1 Å². The summed E-state index contributed by atoms with van der Waals surface area (Å²) in [6.45, 7) is 6.67. The Kier molecular flexibility index (Phi) is 7.73. The second-order valence-corrected chi connectivity index (χ2v) is 7.95. The highest BCUT2D eigenvalue weighted by Crippen LogP contribution is 2.22. The van der Waals surface area contributed by atoms with E-state index in [4.69, 9.17) is 9.94 Å².